The van der Waals surface area contributed by atoms with Crippen molar-refractivity contribution in [3.05, 3.63) is 0 Å². The zero-order chi connectivity index (χ0) is 10.1. The number of alkyl halides is 3. The van der Waals surface area contributed by atoms with Crippen molar-refractivity contribution in [1.82, 2.24) is 4.90 Å². The summed E-state index contributed by atoms with van der Waals surface area (Å²) in [6, 6.07) is 0.0597. The lowest BCUT2D eigenvalue weighted by molar-refractivity contribution is -0.149. The second-order valence-electron chi connectivity index (χ2n) is 3.78. The monoisotopic (exact) mass is 196 g/mol. The maximum Gasteiger partial charge on any atom is 0.401 e. The van der Waals surface area contributed by atoms with Gasteiger partial charge in [-0.2, -0.15) is 13.2 Å². The highest BCUT2D eigenvalue weighted by Gasteiger charge is 2.33. The summed E-state index contributed by atoms with van der Waals surface area (Å²) in [6.07, 6.45) is -3.42. The standard InChI is InChI=1S/C8H15F3N2/c1-6-4-13(3-2-7(6)12)5-8(9,10)11/h6-7H,2-5,12H2,1H3. The molecule has 1 aliphatic heterocycles. The van der Waals surface area contributed by atoms with E-state index in [1.807, 2.05) is 6.92 Å². The van der Waals surface area contributed by atoms with Gasteiger partial charge in [-0.3, -0.25) is 4.90 Å². The molecule has 2 atom stereocenters. The Morgan fingerprint density at radius 2 is 2.08 bits per heavy atom. The van der Waals surface area contributed by atoms with E-state index in [0.717, 1.165) is 0 Å². The van der Waals surface area contributed by atoms with Crippen molar-refractivity contribution in [3.63, 3.8) is 0 Å². The van der Waals surface area contributed by atoms with Gasteiger partial charge in [0.05, 0.1) is 6.54 Å². The molecule has 1 aliphatic rings. The summed E-state index contributed by atoms with van der Waals surface area (Å²) in [6.45, 7) is 2.02. The number of nitrogens with two attached hydrogens (primary N) is 1. The number of likely N-dealkylation sites (tertiary alicyclic amines) is 1. The number of hydrogen-bond acceptors (Lipinski definition) is 2. The summed E-state index contributed by atoms with van der Waals surface area (Å²) >= 11 is 0. The normalized spacial score (nSPS) is 32.1. The first-order valence-electron chi connectivity index (χ1n) is 4.43. The Balaban J connectivity index is 2.38. The molecule has 1 fully saturated rings. The molecule has 0 aromatic heterocycles. The number of hydrogen-bond donors (Lipinski definition) is 1. The summed E-state index contributed by atoms with van der Waals surface area (Å²) in [4.78, 5) is 1.42. The van der Waals surface area contributed by atoms with E-state index in [2.05, 4.69) is 0 Å². The van der Waals surface area contributed by atoms with Crippen molar-refractivity contribution in [3.8, 4) is 0 Å². The zero-order valence-corrected chi connectivity index (χ0v) is 7.64. The Morgan fingerprint density at radius 1 is 1.46 bits per heavy atom. The largest absolute Gasteiger partial charge is 0.401 e. The average molecular weight is 196 g/mol. The molecule has 1 rings (SSSR count). The van der Waals surface area contributed by atoms with Gasteiger partial charge >= 0.3 is 6.18 Å². The van der Waals surface area contributed by atoms with Crippen LogP contribution in [0.2, 0.25) is 0 Å². The van der Waals surface area contributed by atoms with Crippen LogP contribution in [0.4, 0.5) is 13.2 Å². The Morgan fingerprint density at radius 3 is 2.54 bits per heavy atom. The van der Waals surface area contributed by atoms with E-state index in [4.69, 9.17) is 5.73 Å². The Bertz CT molecular complexity index is 169. The predicted octanol–water partition coefficient (Wildman–Crippen LogP) is 1.22. The SMILES string of the molecule is CC1CN(CC(F)(F)F)CCC1N. The summed E-state index contributed by atoms with van der Waals surface area (Å²) in [5.41, 5.74) is 5.70. The maximum absolute atomic E-state index is 12.0. The van der Waals surface area contributed by atoms with E-state index in [1.54, 1.807) is 0 Å². The van der Waals surface area contributed by atoms with Gasteiger partial charge in [0.15, 0.2) is 0 Å². The molecule has 0 radical (unpaired) electrons. The molecule has 5 heteroatoms. The minimum absolute atomic E-state index is 0.0597. The van der Waals surface area contributed by atoms with Crippen molar-refractivity contribution in [2.45, 2.75) is 25.6 Å². The fourth-order valence-corrected chi connectivity index (χ4v) is 1.65. The number of nitrogens with zero attached hydrogens (tertiary/aromatic N) is 1. The number of rotatable bonds is 1. The Labute approximate surface area is 75.9 Å². The highest BCUT2D eigenvalue weighted by molar-refractivity contribution is 4.80. The first kappa shape index (κ1) is 10.8. The molecular weight excluding hydrogens is 181 g/mol. The van der Waals surface area contributed by atoms with Gasteiger partial charge in [0, 0.05) is 12.6 Å². The van der Waals surface area contributed by atoms with Gasteiger partial charge in [0.25, 0.3) is 0 Å². The highest BCUT2D eigenvalue weighted by atomic mass is 19.4. The van der Waals surface area contributed by atoms with Crippen LogP contribution < -0.4 is 5.73 Å². The minimum atomic E-state index is -4.08. The smallest absolute Gasteiger partial charge is 0.327 e. The number of piperidine rings is 1. The van der Waals surface area contributed by atoms with E-state index in [9.17, 15) is 13.2 Å². The molecule has 1 saturated heterocycles. The van der Waals surface area contributed by atoms with Crippen LogP contribution in [-0.2, 0) is 0 Å². The molecule has 0 aliphatic carbocycles. The van der Waals surface area contributed by atoms with Crippen molar-refractivity contribution in [2.75, 3.05) is 19.6 Å². The molecule has 2 unspecified atom stereocenters. The molecule has 2 N–H and O–H groups in total. The summed E-state index contributed by atoms with van der Waals surface area (Å²) in [5.74, 6) is 0.163. The molecular formula is C8H15F3N2. The lowest BCUT2D eigenvalue weighted by Crippen LogP contribution is -2.48. The Hall–Kier alpha value is -0.290. The number of halogens is 3. The molecule has 78 valence electrons. The van der Waals surface area contributed by atoms with Crippen LogP contribution in [0.1, 0.15) is 13.3 Å². The third-order valence-corrected chi connectivity index (χ3v) is 2.46. The van der Waals surface area contributed by atoms with Crippen LogP contribution in [0.25, 0.3) is 0 Å². The zero-order valence-electron chi connectivity index (χ0n) is 7.64. The van der Waals surface area contributed by atoms with Crippen molar-refractivity contribution in [2.24, 2.45) is 11.7 Å². The van der Waals surface area contributed by atoms with Gasteiger partial charge in [-0.05, 0) is 18.9 Å². The molecule has 0 bridgehead atoms. The summed E-state index contributed by atoms with van der Waals surface area (Å²) in [5, 5.41) is 0. The first-order chi connectivity index (χ1) is 5.88. The second kappa shape index (κ2) is 3.84. The molecule has 0 amide bonds. The molecule has 0 spiro atoms. The minimum Gasteiger partial charge on any atom is -0.327 e. The van der Waals surface area contributed by atoms with E-state index in [0.29, 0.717) is 19.5 Å². The predicted molar refractivity (Wildman–Crippen MR) is 44.3 cm³/mol. The van der Waals surface area contributed by atoms with E-state index in [-0.39, 0.29) is 12.0 Å². The van der Waals surface area contributed by atoms with Crippen molar-refractivity contribution < 1.29 is 13.2 Å². The topological polar surface area (TPSA) is 29.3 Å². The van der Waals surface area contributed by atoms with Crippen LogP contribution in [0, 0.1) is 5.92 Å². The lowest BCUT2D eigenvalue weighted by atomic mass is 9.95. The van der Waals surface area contributed by atoms with Crippen LogP contribution >= 0.6 is 0 Å². The molecule has 0 aromatic rings. The third kappa shape index (κ3) is 3.52. The third-order valence-electron chi connectivity index (χ3n) is 2.46. The van der Waals surface area contributed by atoms with Crippen LogP contribution in [0.15, 0.2) is 0 Å². The lowest BCUT2D eigenvalue weighted by Gasteiger charge is -2.35. The molecule has 13 heavy (non-hydrogen) atoms. The van der Waals surface area contributed by atoms with Crippen LogP contribution in [-0.4, -0.2) is 36.8 Å². The van der Waals surface area contributed by atoms with E-state index >= 15 is 0 Å². The van der Waals surface area contributed by atoms with Crippen LogP contribution in [0.5, 0.6) is 0 Å². The summed E-state index contributed by atoms with van der Waals surface area (Å²) in [7, 11) is 0. The van der Waals surface area contributed by atoms with Gasteiger partial charge < -0.3 is 5.73 Å². The summed E-state index contributed by atoms with van der Waals surface area (Å²) < 4.78 is 36.0. The molecule has 1 heterocycles. The van der Waals surface area contributed by atoms with E-state index in [1.165, 1.54) is 4.90 Å². The average Bonchev–Trinajstić information content (AvgIpc) is 1.94. The first-order valence-corrected chi connectivity index (χ1v) is 4.43. The van der Waals surface area contributed by atoms with Gasteiger partial charge in [-0.25, -0.2) is 0 Å². The van der Waals surface area contributed by atoms with Crippen molar-refractivity contribution >= 4 is 0 Å². The molecule has 0 saturated carbocycles. The van der Waals surface area contributed by atoms with Gasteiger partial charge in [0.1, 0.15) is 0 Å². The quantitative estimate of drug-likeness (QED) is 0.683. The maximum atomic E-state index is 12.0. The van der Waals surface area contributed by atoms with Crippen LogP contribution in [0.3, 0.4) is 0 Å². The fraction of sp³-hybridized carbons (Fsp3) is 1.00. The fourth-order valence-electron chi connectivity index (χ4n) is 1.65. The van der Waals surface area contributed by atoms with E-state index < -0.39 is 12.7 Å². The van der Waals surface area contributed by atoms with Gasteiger partial charge in [-0.1, -0.05) is 6.92 Å². The Kier molecular flexibility index (Phi) is 3.18. The molecule has 0 aromatic carbocycles. The van der Waals surface area contributed by atoms with Crippen molar-refractivity contribution in [1.29, 1.82) is 0 Å². The van der Waals surface area contributed by atoms with Gasteiger partial charge in [-0.15, -0.1) is 0 Å². The second-order valence-corrected chi connectivity index (χ2v) is 3.78. The van der Waals surface area contributed by atoms with Gasteiger partial charge in [0.2, 0.25) is 0 Å². The highest BCUT2D eigenvalue weighted by Crippen LogP contribution is 2.21. The molecule has 2 nitrogen and oxygen atoms in total.